The van der Waals surface area contributed by atoms with Gasteiger partial charge in [0.2, 0.25) is 0 Å². The Bertz CT molecular complexity index is 581. The summed E-state index contributed by atoms with van der Waals surface area (Å²) < 4.78 is 0.870. The minimum Gasteiger partial charge on any atom is -0.325 e. The number of nitrogens with two attached hydrogens (primary N) is 1. The summed E-state index contributed by atoms with van der Waals surface area (Å²) in [5.41, 5.74) is 4.74. The van der Waals surface area contributed by atoms with Crippen molar-refractivity contribution in [1.29, 1.82) is 0 Å². The van der Waals surface area contributed by atoms with Crippen LogP contribution >= 0.6 is 0 Å². The molecule has 2 aromatic rings. The van der Waals surface area contributed by atoms with Crippen molar-refractivity contribution in [2.24, 2.45) is 5.73 Å². The molecule has 0 radical (unpaired) electrons. The molecule has 0 fully saturated rings. The predicted octanol–water partition coefficient (Wildman–Crippen LogP) is -3.71. The van der Waals surface area contributed by atoms with Gasteiger partial charge in [0.05, 0.1) is 0 Å². The van der Waals surface area contributed by atoms with E-state index in [2.05, 4.69) is 15.3 Å². The largest absolute Gasteiger partial charge is 0.394 e. The normalized spacial score (nSPS) is 12.2. The molecule has 0 saturated carbocycles. The fourth-order valence-electron chi connectivity index (χ4n) is 1.18. The van der Waals surface area contributed by atoms with E-state index < -0.39 is 11.8 Å². The monoisotopic (exact) mass is 228 g/mol. The molecule has 0 aromatic carbocycles. The van der Waals surface area contributed by atoms with E-state index in [0.717, 1.165) is 10.7 Å². The second kappa shape index (κ2) is 3.31. The summed E-state index contributed by atoms with van der Waals surface area (Å²) in [4.78, 5) is 15.3. The van der Waals surface area contributed by atoms with Crippen molar-refractivity contribution < 1.29 is 15.3 Å². The highest BCUT2D eigenvalue weighted by atomic mass is 16.7. The second-order valence-corrected chi connectivity index (χ2v) is 2.97. The molecule has 2 aromatic heterocycles. The molecule has 16 heavy (non-hydrogen) atoms. The Morgan fingerprint density at radius 2 is 2.12 bits per heavy atom. The van der Waals surface area contributed by atoms with Gasteiger partial charge in [-0.25, -0.2) is 14.2 Å². The van der Waals surface area contributed by atoms with Crippen molar-refractivity contribution in [2.75, 3.05) is 0 Å². The quantitative estimate of drug-likeness (QED) is 0.383. The van der Waals surface area contributed by atoms with Crippen LogP contribution in [0.4, 0.5) is 0 Å². The molecule has 5 N–H and O–H groups in total. The molecular weight excluding hydrogens is 220 g/mol. The van der Waals surface area contributed by atoms with Crippen molar-refractivity contribution in [3.8, 4) is 0 Å². The molecule has 10 heteroatoms. The Balaban J connectivity index is 2.77. The van der Waals surface area contributed by atoms with Crippen LogP contribution < -0.4 is 11.4 Å². The van der Waals surface area contributed by atoms with Crippen LogP contribution in [0.15, 0.2) is 11.1 Å². The molecule has 0 bridgehead atoms. The summed E-state index contributed by atoms with van der Waals surface area (Å²) in [5, 5.41) is 33.1. The third kappa shape index (κ3) is 1.45. The Morgan fingerprint density at radius 1 is 1.44 bits per heavy atom. The first-order valence-corrected chi connectivity index (χ1v) is 4.14. The number of aliphatic hydroxyl groups is 3. The van der Waals surface area contributed by atoms with Gasteiger partial charge in [0.1, 0.15) is 12.0 Å². The van der Waals surface area contributed by atoms with Gasteiger partial charge in [-0.3, -0.25) is 0 Å². The lowest BCUT2D eigenvalue weighted by Gasteiger charge is -2.13. The molecule has 10 nitrogen and oxygen atoms in total. The van der Waals surface area contributed by atoms with Crippen molar-refractivity contribution in [3.63, 3.8) is 0 Å². The summed E-state index contributed by atoms with van der Waals surface area (Å²) >= 11 is 0. The zero-order valence-corrected chi connectivity index (χ0v) is 7.85. The molecule has 0 aliphatic carbocycles. The van der Waals surface area contributed by atoms with E-state index in [0.29, 0.717) is 5.69 Å². The molecule has 0 unspecified atom stereocenters. The minimum absolute atomic E-state index is 0.0119. The van der Waals surface area contributed by atoms with Crippen LogP contribution in [0.2, 0.25) is 0 Å². The van der Waals surface area contributed by atoms with E-state index in [1.54, 1.807) is 0 Å². The molecule has 0 spiro atoms. The van der Waals surface area contributed by atoms with Crippen LogP contribution in [0.3, 0.4) is 0 Å². The summed E-state index contributed by atoms with van der Waals surface area (Å²) in [6.07, 6.45) is -2.32. The lowest BCUT2D eigenvalue weighted by atomic mass is 10.5. The Kier molecular flexibility index (Phi) is 2.20. The van der Waals surface area contributed by atoms with Crippen molar-refractivity contribution >= 4 is 5.65 Å². The van der Waals surface area contributed by atoms with Crippen molar-refractivity contribution in [3.05, 3.63) is 22.5 Å². The van der Waals surface area contributed by atoms with Crippen LogP contribution in [-0.4, -0.2) is 39.7 Å². The highest BCUT2D eigenvalue weighted by Gasteiger charge is 2.26. The number of hydrogen-bond acceptors (Lipinski definition) is 8. The van der Waals surface area contributed by atoms with Crippen molar-refractivity contribution in [2.45, 2.75) is 12.6 Å². The van der Waals surface area contributed by atoms with E-state index in [9.17, 15) is 4.79 Å². The van der Waals surface area contributed by atoms with Gasteiger partial charge in [-0.15, -0.1) is 9.78 Å². The van der Waals surface area contributed by atoms with Gasteiger partial charge in [-0.2, -0.15) is 0 Å². The molecule has 0 saturated heterocycles. The zero-order valence-electron chi connectivity index (χ0n) is 7.85. The number of imidazole rings is 1. The first-order chi connectivity index (χ1) is 7.45. The zero-order chi connectivity index (χ0) is 11.9. The molecule has 0 amide bonds. The van der Waals surface area contributed by atoms with E-state index in [1.807, 2.05) is 0 Å². The molecule has 2 heterocycles. The van der Waals surface area contributed by atoms with Gasteiger partial charge in [0.25, 0.3) is 0 Å². The molecule has 2 rings (SSSR count). The highest BCUT2D eigenvalue weighted by molar-refractivity contribution is 5.41. The van der Waals surface area contributed by atoms with Crippen LogP contribution in [0.1, 0.15) is 5.69 Å². The minimum atomic E-state index is -3.41. The van der Waals surface area contributed by atoms with Crippen LogP contribution in [0, 0.1) is 0 Å². The summed E-state index contributed by atoms with van der Waals surface area (Å²) in [5.74, 6) is 0. The van der Waals surface area contributed by atoms with Gasteiger partial charge in [-0.1, -0.05) is 5.21 Å². The Hall–Kier alpha value is -1.88. The standard InChI is InChI=1S/C6H8N6O4/c7-1-3-4-9-10-12(6(14,15)16)5(13)11(4)2-8-3/h2,14-16H,1,7H2. The molecule has 0 aliphatic rings. The first kappa shape index (κ1) is 10.6. The number of fused-ring (bicyclic) bond motifs is 1. The fourth-order valence-corrected chi connectivity index (χ4v) is 1.18. The third-order valence-corrected chi connectivity index (χ3v) is 1.91. The summed E-state index contributed by atoms with van der Waals surface area (Å²) in [6, 6.07) is 0. The van der Waals surface area contributed by atoms with Gasteiger partial charge in [0.15, 0.2) is 5.65 Å². The van der Waals surface area contributed by atoms with Gasteiger partial charge < -0.3 is 21.1 Å². The summed E-state index contributed by atoms with van der Waals surface area (Å²) in [6.45, 7) is 0.0527. The predicted molar refractivity (Wildman–Crippen MR) is 47.6 cm³/mol. The highest BCUT2D eigenvalue weighted by Crippen LogP contribution is 2.02. The van der Waals surface area contributed by atoms with Gasteiger partial charge in [-0.05, 0) is 0 Å². The third-order valence-electron chi connectivity index (χ3n) is 1.91. The summed E-state index contributed by atoms with van der Waals surface area (Å²) in [7, 11) is 0. The average Bonchev–Trinajstić information content (AvgIpc) is 2.60. The smallest absolute Gasteiger partial charge is 0.325 e. The Labute approximate surface area is 87.2 Å². The Morgan fingerprint density at radius 3 is 2.69 bits per heavy atom. The average molecular weight is 228 g/mol. The second-order valence-electron chi connectivity index (χ2n) is 2.97. The maximum atomic E-state index is 11.6. The van der Waals surface area contributed by atoms with Crippen molar-refractivity contribution in [1.82, 2.24) is 24.4 Å². The fraction of sp³-hybridized carbons (Fsp3) is 0.333. The lowest BCUT2D eigenvalue weighted by molar-refractivity contribution is -0.384. The number of nitrogens with zero attached hydrogens (tertiary/aromatic N) is 5. The van der Waals surface area contributed by atoms with Gasteiger partial charge >= 0.3 is 11.8 Å². The SMILES string of the molecule is NCc1ncn2c(=O)n(C(O)(O)O)nnc12. The van der Waals surface area contributed by atoms with Crippen LogP contribution in [0.25, 0.3) is 5.65 Å². The van der Waals surface area contributed by atoms with Gasteiger partial charge in [0, 0.05) is 6.54 Å². The van der Waals surface area contributed by atoms with E-state index in [-0.39, 0.29) is 16.9 Å². The number of rotatable bonds is 2. The maximum Gasteiger partial charge on any atom is 0.394 e. The van der Waals surface area contributed by atoms with E-state index in [4.69, 9.17) is 21.1 Å². The van der Waals surface area contributed by atoms with E-state index in [1.165, 1.54) is 0 Å². The molecular formula is C6H8N6O4. The first-order valence-electron chi connectivity index (χ1n) is 4.14. The molecule has 0 atom stereocenters. The lowest BCUT2D eigenvalue weighted by Crippen LogP contribution is -2.45. The molecule has 86 valence electrons. The molecule has 0 aliphatic heterocycles. The van der Waals surface area contributed by atoms with Crippen LogP contribution in [0.5, 0.6) is 0 Å². The number of hydrogen-bond donors (Lipinski definition) is 4. The van der Waals surface area contributed by atoms with E-state index >= 15 is 0 Å². The topological polar surface area (TPSA) is 152 Å². The number of aromatic nitrogens is 5. The van der Waals surface area contributed by atoms with Crippen LogP contribution in [-0.2, 0) is 12.6 Å². The maximum absolute atomic E-state index is 11.6.